The van der Waals surface area contributed by atoms with Gasteiger partial charge < -0.3 is 9.72 Å². The lowest BCUT2D eigenvalue weighted by molar-refractivity contribution is 0.0594. The number of halogens is 1. The van der Waals surface area contributed by atoms with Crippen LogP contribution in [0.15, 0.2) is 23.0 Å². The summed E-state index contributed by atoms with van der Waals surface area (Å²) in [5.41, 5.74) is -0.0940. The van der Waals surface area contributed by atoms with Gasteiger partial charge in [-0.25, -0.2) is 9.18 Å². The predicted octanol–water partition coefficient (Wildman–Crippen LogP) is 1.76. The van der Waals surface area contributed by atoms with E-state index in [2.05, 4.69) is 9.72 Å². The molecular weight excluding hydrogens is 225 g/mol. The second-order valence-electron chi connectivity index (χ2n) is 3.64. The molecular formula is C12H10FNO3. The van der Waals surface area contributed by atoms with Crippen molar-refractivity contribution in [1.82, 2.24) is 4.98 Å². The number of esters is 1. The van der Waals surface area contributed by atoms with Crippen molar-refractivity contribution in [2.45, 2.75) is 6.92 Å². The van der Waals surface area contributed by atoms with Crippen molar-refractivity contribution in [3.05, 3.63) is 45.6 Å². The molecule has 0 amide bonds. The number of methoxy groups -OCH3 is 1. The summed E-state index contributed by atoms with van der Waals surface area (Å²) in [5.74, 6) is -1.08. The minimum atomic E-state index is -0.660. The van der Waals surface area contributed by atoms with Crippen molar-refractivity contribution in [3.8, 4) is 0 Å². The molecule has 1 aromatic heterocycles. The number of H-pyrrole nitrogens is 1. The highest BCUT2D eigenvalue weighted by molar-refractivity contribution is 5.94. The van der Waals surface area contributed by atoms with E-state index in [1.54, 1.807) is 6.92 Å². The van der Waals surface area contributed by atoms with Crippen molar-refractivity contribution in [3.63, 3.8) is 0 Å². The van der Waals surface area contributed by atoms with Crippen molar-refractivity contribution in [2.24, 2.45) is 0 Å². The van der Waals surface area contributed by atoms with E-state index in [1.165, 1.54) is 25.3 Å². The van der Waals surface area contributed by atoms with E-state index in [1.807, 2.05) is 0 Å². The number of nitrogens with one attached hydrogen (secondary N) is 1. The molecule has 1 heterocycles. The van der Waals surface area contributed by atoms with Crippen LogP contribution in [0.5, 0.6) is 0 Å². The maximum absolute atomic E-state index is 13.4. The number of aromatic amines is 1. The highest BCUT2D eigenvalue weighted by Crippen LogP contribution is 2.18. The molecule has 1 aromatic carbocycles. The Kier molecular flexibility index (Phi) is 2.67. The van der Waals surface area contributed by atoms with Crippen LogP contribution in [0.25, 0.3) is 10.8 Å². The molecule has 88 valence electrons. The summed E-state index contributed by atoms with van der Waals surface area (Å²) in [7, 11) is 1.21. The molecule has 0 fully saturated rings. The average molecular weight is 235 g/mol. The van der Waals surface area contributed by atoms with Crippen LogP contribution in [-0.2, 0) is 4.74 Å². The number of pyridine rings is 1. The lowest BCUT2D eigenvalue weighted by Crippen LogP contribution is -2.14. The molecule has 0 radical (unpaired) electrons. The molecule has 4 nitrogen and oxygen atoms in total. The van der Waals surface area contributed by atoms with Crippen molar-refractivity contribution in [1.29, 1.82) is 0 Å². The van der Waals surface area contributed by atoms with E-state index in [4.69, 9.17) is 0 Å². The molecule has 0 spiro atoms. The van der Waals surface area contributed by atoms with Crippen LogP contribution < -0.4 is 5.56 Å². The van der Waals surface area contributed by atoms with Gasteiger partial charge in [-0.2, -0.15) is 0 Å². The quantitative estimate of drug-likeness (QED) is 0.766. The number of aryl methyl sites for hydroxylation is 1. The van der Waals surface area contributed by atoms with Crippen LogP contribution >= 0.6 is 0 Å². The lowest BCUT2D eigenvalue weighted by atomic mass is 10.1. The first-order valence-corrected chi connectivity index (χ1v) is 4.95. The van der Waals surface area contributed by atoms with E-state index in [9.17, 15) is 14.0 Å². The number of carbonyl (C=O) groups is 1. The van der Waals surface area contributed by atoms with Gasteiger partial charge in [-0.05, 0) is 36.1 Å². The molecule has 17 heavy (non-hydrogen) atoms. The topological polar surface area (TPSA) is 59.2 Å². The summed E-state index contributed by atoms with van der Waals surface area (Å²) in [6.07, 6.45) is 0. The summed E-state index contributed by atoms with van der Waals surface area (Å²) in [4.78, 5) is 25.4. The van der Waals surface area contributed by atoms with Gasteiger partial charge in [0.05, 0.1) is 7.11 Å². The standard InChI is InChI=1S/C12H10FNO3/c1-6-8-5-10(12(16)17-2)14-11(15)7(8)3-4-9(6)13/h3-5H,1-2H3,(H,14,15). The Labute approximate surface area is 96.0 Å². The third-order valence-electron chi connectivity index (χ3n) is 2.64. The Morgan fingerprint density at radius 3 is 2.71 bits per heavy atom. The van der Waals surface area contributed by atoms with Crippen molar-refractivity contribution >= 4 is 16.7 Å². The van der Waals surface area contributed by atoms with Crippen molar-refractivity contribution in [2.75, 3.05) is 7.11 Å². The van der Waals surface area contributed by atoms with Gasteiger partial charge in [0, 0.05) is 5.39 Å². The van der Waals surface area contributed by atoms with E-state index in [0.717, 1.165) is 0 Å². The van der Waals surface area contributed by atoms with E-state index >= 15 is 0 Å². The molecule has 0 aliphatic rings. The number of hydrogen-bond acceptors (Lipinski definition) is 3. The highest BCUT2D eigenvalue weighted by Gasteiger charge is 2.12. The summed E-state index contributed by atoms with van der Waals surface area (Å²) < 4.78 is 17.9. The number of hydrogen-bond donors (Lipinski definition) is 1. The smallest absolute Gasteiger partial charge is 0.354 e. The third-order valence-corrected chi connectivity index (χ3v) is 2.64. The van der Waals surface area contributed by atoms with Crippen LogP contribution in [-0.4, -0.2) is 18.1 Å². The van der Waals surface area contributed by atoms with E-state index in [-0.39, 0.29) is 5.69 Å². The van der Waals surface area contributed by atoms with Crippen molar-refractivity contribution < 1.29 is 13.9 Å². The van der Waals surface area contributed by atoms with Crippen LogP contribution in [0.1, 0.15) is 16.1 Å². The van der Waals surface area contributed by atoms with E-state index in [0.29, 0.717) is 16.3 Å². The van der Waals surface area contributed by atoms with Crippen LogP contribution in [0.3, 0.4) is 0 Å². The van der Waals surface area contributed by atoms with Gasteiger partial charge >= 0.3 is 5.97 Å². The van der Waals surface area contributed by atoms with Gasteiger partial charge in [0.15, 0.2) is 0 Å². The number of fused-ring (bicyclic) bond motifs is 1. The summed E-state index contributed by atoms with van der Waals surface area (Å²) in [5, 5.41) is 0.755. The van der Waals surface area contributed by atoms with Gasteiger partial charge in [-0.15, -0.1) is 0 Å². The molecule has 2 aromatic rings. The minimum Gasteiger partial charge on any atom is -0.464 e. The predicted molar refractivity (Wildman–Crippen MR) is 60.6 cm³/mol. The van der Waals surface area contributed by atoms with Gasteiger partial charge in [-0.3, -0.25) is 4.79 Å². The van der Waals surface area contributed by atoms with Gasteiger partial charge in [-0.1, -0.05) is 0 Å². The first kappa shape index (κ1) is 11.3. The number of benzene rings is 1. The molecule has 0 bridgehead atoms. The Morgan fingerprint density at radius 2 is 2.06 bits per heavy atom. The Balaban J connectivity index is 2.84. The molecule has 0 saturated heterocycles. The van der Waals surface area contributed by atoms with E-state index < -0.39 is 17.3 Å². The molecule has 5 heteroatoms. The Morgan fingerprint density at radius 1 is 1.35 bits per heavy atom. The van der Waals surface area contributed by atoms with Crippen LogP contribution in [0, 0.1) is 12.7 Å². The van der Waals surface area contributed by atoms with Gasteiger partial charge in [0.1, 0.15) is 11.5 Å². The van der Waals surface area contributed by atoms with Crippen LogP contribution in [0.4, 0.5) is 4.39 Å². The zero-order chi connectivity index (χ0) is 12.6. The van der Waals surface area contributed by atoms with Gasteiger partial charge in [0.2, 0.25) is 0 Å². The first-order valence-electron chi connectivity index (χ1n) is 4.95. The maximum atomic E-state index is 13.4. The maximum Gasteiger partial charge on any atom is 0.354 e. The van der Waals surface area contributed by atoms with Crippen LogP contribution in [0.2, 0.25) is 0 Å². The average Bonchev–Trinajstić information content (AvgIpc) is 2.33. The second kappa shape index (κ2) is 4.01. The summed E-state index contributed by atoms with van der Waals surface area (Å²) in [6.45, 7) is 1.55. The zero-order valence-corrected chi connectivity index (χ0v) is 9.33. The number of aromatic nitrogens is 1. The fourth-order valence-electron chi connectivity index (χ4n) is 1.68. The number of ether oxygens (including phenoxy) is 1. The zero-order valence-electron chi connectivity index (χ0n) is 9.33. The van der Waals surface area contributed by atoms with Gasteiger partial charge in [0.25, 0.3) is 5.56 Å². The largest absolute Gasteiger partial charge is 0.464 e. The minimum absolute atomic E-state index is 0.0127. The fraction of sp³-hybridized carbons (Fsp3) is 0.167. The molecule has 0 unspecified atom stereocenters. The molecule has 0 aliphatic carbocycles. The fourth-order valence-corrected chi connectivity index (χ4v) is 1.68. The molecule has 0 saturated carbocycles. The normalized spacial score (nSPS) is 10.5. The molecule has 0 atom stereocenters. The molecule has 0 aliphatic heterocycles. The summed E-state index contributed by atoms with van der Waals surface area (Å²) >= 11 is 0. The second-order valence-corrected chi connectivity index (χ2v) is 3.64. The Hall–Kier alpha value is -2.17. The molecule has 2 rings (SSSR count). The monoisotopic (exact) mass is 235 g/mol. The number of rotatable bonds is 1. The lowest BCUT2D eigenvalue weighted by Gasteiger charge is -2.05. The first-order chi connectivity index (χ1) is 8.04. The Bertz CT molecular complexity index is 661. The third kappa shape index (κ3) is 1.80. The highest BCUT2D eigenvalue weighted by atomic mass is 19.1. The molecule has 1 N–H and O–H groups in total. The number of carbonyl (C=O) groups excluding carboxylic acids is 1. The SMILES string of the molecule is COC(=O)c1cc2c(C)c(F)ccc2c(=O)[nH]1. The summed E-state index contributed by atoms with van der Waals surface area (Å²) in [6, 6.07) is 4.03.